The SMILES string of the molecule is O=c1c(O[C@@H]2O[C@H]([C@H](O)CO)[C@H](O)[C@H]2O[C@@H]2OC[C@](O)(CO)[C@H]2O)c(-c2ccc(O)c(O)c2)oc2cc(O)cc(O)c12. The van der Waals surface area contributed by atoms with Gasteiger partial charge in [0.15, 0.2) is 29.7 Å². The van der Waals surface area contributed by atoms with Gasteiger partial charge in [-0.1, -0.05) is 0 Å². The van der Waals surface area contributed by atoms with Gasteiger partial charge < -0.3 is 74.4 Å². The second kappa shape index (κ2) is 11.2. The van der Waals surface area contributed by atoms with E-state index in [9.17, 15) is 55.9 Å². The molecule has 1 aromatic heterocycles. The number of phenolic OH excluding ortho intramolecular Hbond substituents is 4. The molecule has 0 aliphatic carbocycles. The van der Waals surface area contributed by atoms with Crippen molar-refractivity contribution in [2.75, 3.05) is 19.8 Å². The number of hydrogen-bond acceptors (Lipinski definition) is 16. The lowest BCUT2D eigenvalue weighted by atomic mass is 10.0. The van der Waals surface area contributed by atoms with E-state index < -0.39 is 114 Å². The van der Waals surface area contributed by atoms with Gasteiger partial charge in [0.25, 0.3) is 0 Å². The number of fused-ring (bicyclic) bond motifs is 1. The summed E-state index contributed by atoms with van der Waals surface area (Å²) < 4.78 is 28.0. The molecule has 0 saturated carbocycles. The number of benzene rings is 2. The summed E-state index contributed by atoms with van der Waals surface area (Å²) in [6.45, 7) is -2.33. The molecule has 42 heavy (non-hydrogen) atoms. The minimum Gasteiger partial charge on any atom is -0.508 e. The van der Waals surface area contributed by atoms with E-state index >= 15 is 0 Å². The van der Waals surface area contributed by atoms with E-state index in [-0.39, 0.29) is 11.1 Å². The highest BCUT2D eigenvalue weighted by molar-refractivity contribution is 5.88. The smallest absolute Gasteiger partial charge is 0.239 e. The van der Waals surface area contributed by atoms with E-state index in [1.807, 2.05) is 0 Å². The van der Waals surface area contributed by atoms with Crippen LogP contribution in [0.4, 0.5) is 0 Å². The van der Waals surface area contributed by atoms with Gasteiger partial charge in [-0.05, 0) is 18.2 Å². The predicted molar refractivity (Wildman–Crippen MR) is 136 cm³/mol. The van der Waals surface area contributed by atoms with Crippen molar-refractivity contribution < 1.29 is 74.4 Å². The van der Waals surface area contributed by atoms with Crippen LogP contribution in [0.5, 0.6) is 28.7 Å². The summed E-state index contributed by atoms with van der Waals surface area (Å²) in [4.78, 5) is 13.7. The average Bonchev–Trinajstić information content (AvgIpc) is 3.41. The Morgan fingerprint density at radius 3 is 2.38 bits per heavy atom. The van der Waals surface area contributed by atoms with E-state index in [0.717, 1.165) is 24.3 Å². The first-order valence-corrected chi connectivity index (χ1v) is 12.5. The molecule has 2 aliphatic rings. The summed E-state index contributed by atoms with van der Waals surface area (Å²) in [6, 6.07) is 5.23. The maximum Gasteiger partial charge on any atom is 0.239 e. The van der Waals surface area contributed by atoms with Crippen LogP contribution in [0.3, 0.4) is 0 Å². The Hall–Kier alpha value is -3.71. The Morgan fingerprint density at radius 1 is 1.00 bits per heavy atom. The van der Waals surface area contributed by atoms with Crippen molar-refractivity contribution in [3.63, 3.8) is 0 Å². The zero-order chi connectivity index (χ0) is 30.5. The zero-order valence-electron chi connectivity index (χ0n) is 21.5. The number of rotatable bonds is 8. The Labute approximate surface area is 235 Å². The van der Waals surface area contributed by atoms with Crippen molar-refractivity contribution in [1.29, 1.82) is 0 Å². The summed E-state index contributed by atoms with van der Waals surface area (Å²) in [5, 5.41) is 100. The second-order valence-corrected chi connectivity index (χ2v) is 9.95. The van der Waals surface area contributed by atoms with Crippen LogP contribution in [-0.4, -0.2) is 120 Å². The molecular formula is C26H28O16. The molecule has 5 rings (SSSR count). The lowest BCUT2D eigenvalue weighted by molar-refractivity contribution is -0.226. The van der Waals surface area contributed by atoms with Crippen molar-refractivity contribution in [3.05, 3.63) is 40.6 Å². The number of aliphatic hydroxyl groups excluding tert-OH is 5. The molecule has 2 aliphatic heterocycles. The van der Waals surface area contributed by atoms with Gasteiger partial charge in [0.05, 0.1) is 19.8 Å². The van der Waals surface area contributed by atoms with Crippen molar-refractivity contribution in [1.82, 2.24) is 0 Å². The van der Waals surface area contributed by atoms with E-state index in [1.165, 1.54) is 6.07 Å². The van der Waals surface area contributed by atoms with Crippen molar-refractivity contribution in [3.8, 4) is 40.1 Å². The molecule has 0 spiro atoms. The van der Waals surface area contributed by atoms with Gasteiger partial charge >= 0.3 is 0 Å². The molecule has 0 amide bonds. The van der Waals surface area contributed by atoms with Crippen molar-refractivity contribution in [2.24, 2.45) is 0 Å². The Kier molecular flexibility index (Phi) is 7.92. The highest BCUT2D eigenvalue weighted by Crippen LogP contribution is 2.40. The van der Waals surface area contributed by atoms with Crippen LogP contribution in [-0.2, 0) is 14.2 Å². The minimum absolute atomic E-state index is 0.0346. The van der Waals surface area contributed by atoms with Gasteiger partial charge in [0.1, 0.15) is 52.5 Å². The molecule has 2 fully saturated rings. The molecule has 16 heteroatoms. The third-order valence-electron chi connectivity index (χ3n) is 7.06. The molecule has 0 radical (unpaired) electrons. The van der Waals surface area contributed by atoms with E-state index in [2.05, 4.69) is 0 Å². The van der Waals surface area contributed by atoms with E-state index in [0.29, 0.717) is 0 Å². The van der Waals surface area contributed by atoms with Crippen LogP contribution in [0.15, 0.2) is 39.5 Å². The number of aromatic hydroxyl groups is 4. The van der Waals surface area contributed by atoms with Crippen molar-refractivity contribution in [2.45, 2.75) is 48.7 Å². The molecule has 10 N–H and O–H groups in total. The topological polar surface area (TPSA) is 269 Å². The number of aliphatic hydroxyl groups is 6. The second-order valence-electron chi connectivity index (χ2n) is 9.95. The summed E-state index contributed by atoms with van der Waals surface area (Å²) in [5.41, 5.74) is -3.46. The normalized spacial score (nSPS) is 30.1. The minimum atomic E-state index is -2.11. The average molecular weight is 596 g/mol. The molecular weight excluding hydrogens is 568 g/mol. The van der Waals surface area contributed by atoms with Gasteiger partial charge in [-0.15, -0.1) is 0 Å². The lowest BCUT2D eigenvalue weighted by Gasteiger charge is -2.28. The fraction of sp³-hybridized carbons (Fsp3) is 0.423. The Morgan fingerprint density at radius 2 is 1.74 bits per heavy atom. The number of hydrogen-bond donors (Lipinski definition) is 10. The van der Waals surface area contributed by atoms with Crippen LogP contribution >= 0.6 is 0 Å². The highest BCUT2D eigenvalue weighted by Gasteiger charge is 2.55. The highest BCUT2D eigenvalue weighted by atomic mass is 16.8. The van der Waals surface area contributed by atoms with Crippen LogP contribution in [0.2, 0.25) is 0 Å². The van der Waals surface area contributed by atoms with Crippen LogP contribution in [0.25, 0.3) is 22.3 Å². The molecule has 228 valence electrons. The maximum absolute atomic E-state index is 13.7. The van der Waals surface area contributed by atoms with Crippen LogP contribution in [0.1, 0.15) is 0 Å². The molecule has 16 nitrogen and oxygen atoms in total. The van der Waals surface area contributed by atoms with Gasteiger partial charge in [-0.3, -0.25) is 4.79 Å². The first kappa shape index (κ1) is 29.8. The Bertz CT molecular complexity index is 1520. The fourth-order valence-electron chi connectivity index (χ4n) is 4.73. The summed E-state index contributed by atoms with van der Waals surface area (Å²) >= 11 is 0. The van der Waals surface area contributed by atoms with Gasteiger partial charge in [-0.25, -0.2) is 0 Å². The fourth-order valence-corrected chi connectivity index (χ4v) is 4.73. The third kappa shape index (κ3) is 5.08. The van der Waals surface area contributed by atoms with Crippen LogP contribution < -0.4 is 10.2 Å². The quantitative estimate of drug-likeness (QED) is 0.125. The zero-order valence-corrected chi connectivity index (χ0v) is 21.5. The number of ether oxygens (including phenoxy) is 4. The number of phenols is 4. The van der Waals surface area contributed by atoms with E-state index in [4.69, 9.17) is 23.4 Å². The molecule has 3 heterocycles. The summed E-state index contributed by atoms with van der Waals surface area (Å²) in [6.07, 6.45) is -12.0. The monoisotopic (exact) mass is 596 g/mol. The van der Waals surface area contributed by atoms with Crippen molar-refractivity contribution >= 4 is 11.0 Å². The molecule has 2 saturated heterocycles. The largest absolute Gasteiger partial charge is 0.508 e. The van der Waals surface area contributed by atoms with E-state index in [1.54, 1.807) is 0 Å². The first-order valence-electron chi connectivity index (χ1n) is 12.5. The van der Waals surface area contributed by atoms with Gasteiger partial charge in [0.2, 0.25) is 17.5 Å². The van der Waals surface area contributed by atoms with Crippen LogP contribution in [0, 0.1) is 0 Å². The first-order chi connectivity index (χ1) is 19.9. The summed E-state index contributed by atoms with van der Waals surface area (Å²) in [7, 11) is 0. The predicted octanol–water partition coefficient (Wildman–Crippen LogP) is -2.07. The third-order valence-corrected chi connectivity index (χ3v) is 7.06. The lowest BCUT2D eigenvalue weighted by Crippen LogP contribution is -2.50. The molecule has 3 aromatic rings. The standard InChI is InChI=1S/C26H28O16/c27-6-14(33)20-18(35)22(42-25-23(36)26(37,7-28)8-38-25)24(40-20)41-21-17(34)16-13(32)4-10(29)5-15(16)39-19(21)9-1-2-11(30)12(31)3-9/h1-5,14,18,20,22-25,27-33,35-37H,6-8H2/t14-,18+,20-,22-,23+,24+,25+,26-/m1/s1. The van der Waals surface area contributed by atoms with Gasteiger partial charge in [-0.2, -0.15) is 0 Å². The molecule has 8 atom stereocenters. The molecule has 0 bridgehead atoms. The molecule has 0 unspecified atom stereocenters. The summed E-state index contributed by atoms with van der Waals surface area (Å²) in [5.74, 6) is -3.34. The Balaban J connectivity index is 1.60. The molecule has 2 aromatic carbocycles. The maximum atomic E-state index is 13.7. The van der Waals surface area contributed by atoms with Gasteiger partial charge in [0, 0.05) is 17.7 Å².